The van der Waals surface area contributed by atoms with Gasteiger partial charge in [-0.15, -0.1) is 0 Å². The molecular formula is C13H18N4O. The molecule has 96 valence electrons. The summed E-state index contributed by atoms with van der Waals surface area (Å²) in [4.78, 5) is 6.86. The Kier molecular flexibility index (Phi) is 2.91. The van der Waals surface area contributed by atoms with Gasteiger partial charge in [0.25, 0.3) is 0 Å². The van der Waals surface area contributed by atoms with Gasteiger partial charge < -0.3 is 9.64 Å². The van der Waals surface area contributed by atoms with Gasteiger partial charge >= 0.3 is 0 Å². The summed E-state index contributed by atoms with van der Waals surface area (Å²) in [5.41, 5.74) is 1.13. The molecule has 0 unspecified atom stereocenters. The highest BCUT2D eigenvalue weighted by Crippen LogP contribution is 2.26. The summed E-state index contributed by atoms with van der Waals surface area (Å²) in [6, 6.07) is 2.01. The first-order valence-electron chi connectivity index (χ1n) is 6.34. The first kappa shape index (κ1) is 11.5. The fourth-order valence-electron chi connectivity index (χ4n) is 2.62. The molecule has 0 aliphatic carbocycles. The predicted molar refractivity (Wildman–Crippen MR) is 70.8 cm³/mol. The minimum Gasteiger partial charge on any atom is -0.381 e. The molecule has 2 aromatic rings. The summed E-state index contributed by atoms with van der Waals surface area (Å²) in [7, 11) is 3.75. The van der Waals surface area contributed by atoms with E-state index in [0.717, 1.165) is 42.7 Å². The van der Waals surface area contributed by atoms with Crippen molar-refractivity contribution in [3.8, 4) is 0 Å². The van der Waals surface area contributed by atoms with Crippen LogP contribution in [0.3, 0.4) is 0 Å². The number of fused-ring (bicyclic) bond motifs is 1. The number of hydrogen-bond acceptors (Lipinski definition) is 4. The molecule has 0 radical (unpaired) electrons. The van der Waals surface area contributed by atoms with E-state index in [1.54, 1.807) is 7.11 Å². The lowest BCUT2D eigenvalue weighted by atomic mass is 10.1. The van der Waals surface area contributed by atoms with E-state index in [1.165, 1.54) is 0 Å². The van der Waals surface area contributed by atoms with E-state index in [1.807, 2.05) is 30.2 Å². The average molecular weight is 246 g/mol. The summed E-state index contributed by atoms with van der Waals surface area (Å²) in [6.07, 6.45) is 6.29. The molecule has 5 heteroatoms. The number of nitrogens with zero attached hydrogens (tertiary/aromatic N) is 4. The fourth-order valence-corrected chi connectivity index (χ4v) is 2.62. The fraction of sp³-hybridized carbons (Fsp3) is 0.538. The van der Waals surface area contributed by atoms with E-state index in [9.17, 15) is 0 Å². The molecular weight excluding hydrogens is 228 g/mol. The summed E-state index contributed by atoms with van der Waals surface area (Å²) in [6.45, 7) is 2.00. The maximum Gasteiger partial charge on any atom is 0.139 e. The maximum absolute atomic E-state index is 5.40. The standard InChI is InChI=1S/C13H18N4O/c1-16-12-3-6-14-13(11(12)9-15-16)17-7-4-10(18-2)5-8-17/h3,6,9-10H,4-5,7-8H2,1-2H3. The smallest absolute Gasteiger partial charge is 0.139 e. The number of aromatic nitrogens is 3. The van der Waals surface area contributed by atoms with Gasteiger partial charge in [-0.05, 0) is 18.9 Å². The second-order valence-corrected chi connectivity index (χ2v) is 4.76. The van der Waals surface area contributed by atoms with Gasteiger partial charge in [0.15, 0.2) is 0 Å². The van der Waals surface area contributed by atoms with E-state index in [-0.39, 0.29) is 0 Å². The van der Waals surface area contributed by atoms with Crippen LogP contribution in [0.15, 0.2) is 18.5 Å². The van der Waals surface area contributed by atoms with Crippen molar-refractivity contribution in [1.82, 2.24) is 14.8 Å². The Balaban J connectivity index is 1.91. The average Bonchev–Trinajstić information content (AvgIpc) is 2.81. The van der Waals surface area contributed by atoms with Crippen molar-refractivity contribution in [1.29, 1.82) is 0 Å². The van der Waals surface area contributed by atoms with Gasteiger partial charge in [-0.1, -0.05) is 0 Å². The quantitative estimate of drug-likeness (QED) is 0.807. The first-order valence-corrected chi connectivity index (χ1v) is 6.34. The summed E-state index contributed by atoms with van der Waals surface area (Å²) < 4.78 is 7.29. The van der Waals surface area contributed by atoms with Gasteiger partial charge in [0.2, 0.25) is 0 Å². The molecule has 5 nitrogen and oxygen atoms in total. The summed E-state index contributed by atoms with van der Waals surface area (Å²) in [5, 5.41) is 5.44. The Morgan fingerprint density at radius 3 is 2.83 bits per heavy atom. The molecule has 1 aliphatic rings. The molecule has 2 aromatic heterocycles. The van der Waals surface area contributed by atoms with Crippen LogP contribution in [0.2, 0.25) is 0 Å². The molecule has 1 saturated heterocycles. The molecule has 0 spiro atoms. The Morgan fingerprint density at radius 1 is 1.33 bits per heavy atom. The third-order valence-electron chi connectivity index (χ3n) is 3.73. The van der Waals surface area contributed by atoms with Crippen LogP contribution in [-0.2, 0) is 11.8 Å². The number of hydrogen-bond donors (Lipinski definition) is 0. The van der Waals surface area contributed by atoms with Crippen LogP contribution >= 0.6 is 0 Å². The predicted octanol–water partition coefficient (Wildman–Crippen LogP) is 1.58. The molecule has 1 fully saturated rings. The largest absolute Gasteiger partial charge is 0.381 e. The third kappa shape index (κ3) is 1.84. The lowest BCUT2D eigenvalue weighted by Gasteiger charge is -2.32. The molecule has 0 aromatic carbocycles. The molecule has 1 aliphatic heterocycles. The van der Waals surface area contributed by atoms with Gasteiger partial charge in [0.05, 0.1) is 23.2 Å². The monoisotopic (exact) mass is 246 g/mol. The van der Waals surface area contributed by atoms with E-state index in [2.05, 4.69) is 15.0 Å². The van der Waals surface area contributed by atoms with Crippen molar-refractivity contribution in [3.63, 3.8) is 0 Å². The zero-order chi connectivity index (χ0) is 12.5. The Morgan fingerprint density at radius 2 is 2.11 bits per heavy atom. The van der Waals surface area contributed by atoms with Crippen molar-refractivity contribution in [2.45, 2.75) is 18.9 Å². The molecule has 0 atom stereocenters. The van der Waals surface area contributed by atoms with Crippen LogP contribution in [0.4, 0.5) is 5.82 Å². The van der Waals surface area contributed by atoms with Crippen LogP contribution in [0, 0.1) is 0 Å². The zero-order valence-electron chi connectivity index (χ0n) is 10.8. The number of methoxy groups -OCH3 is 1. The van der Waals surface area contributed by atoms with Gasteiger partial charge in [-0.2, -0.15) is 5.10 Å². The Bertz CT molecular complexity index is 543. The first-order chi connectivity index (χ1) is 8.79. The minimum absolute atomic E-state index is 0.398. The normalized spacial score (nSPS) is 17.6. The number of pyridine rings is 1. The van der Waals surface area contributed by atoms with Crippen LogP contribution in [0.1, 0.15) is 12.8 Å². The molecule has 3 rings (SSSR count). The number of ether oxygens (including phenoxy) is 1. The van der Waals surface area contributed by atoms with Gasteiger partial charge in [-0.25, -0.2) is 4.98 Å². The van der Waals surface area contributed by atoms with Gasteiger partial charge in [-0.3, -0.25) is 4.68 Å². The van der Waals surface area contributed by atoms with E-state index in [0.29, 0.717) is 6.10 Å². The van der Waals surface area contributed by atoms with Crippen molar-refractivity contribution in [3.05, 3.63) is 18.5 Å². The highest BCUT2D eigenvalue weighted by Gasteiger charge is 2.21. The van der Waals surface area contributed by atoms with Crippen molar-refractivity contribution < 1.29 is 4.74 Å². The molecule has 0 amide bonds. The molecule has 18 heavy (non-hydrogen) atoms. The number of anilines is 1. The minimum atomic E-state index is 0.398. The highest BCUT2D eigenvalue weighted by atomic mass is 16.5. The van der Waals surface area contributed by atoms with E-state index in [4.69, 9.17) is 4.74 Å². The second-order valence-electron chi connectivity index (χ2n) is 4.76. The summed E-state index contributed by atoms with van der Waals surface area (Å²) in [5.74, 6) is 1.05. The highest BCUT2D eigenvalue weighted by molar-refractivity contribution is 5.89. The lowest BCUT2D eigenvalue weighted by molar-refractivity contribution is 0.0818. The maximum atomic E-state index is 5.40. The number of piperidine rings is 1. The Hall–Kier alpha value is -1.62. The second kappa shape index (κ2) is 4.57. The van der Waals surface area contributed by atoms with Crippen molar-refractivity contribution >= 4 is 16.7 Å². The number of aryl methyl sites for hydroxylation is 1. The van der Waals surface area contributed by atoms with E-state index >= 15 is 0 Å². The van der Waals surface area contributed by atoms with Crippen LogP contribution in [0.25, 0.3) is 10.9 Å². The van der Waals surface area contributed by atoms with Crippen LogP contribution in [-0.4, -0.2) is 41.1 Å². The molecule has 0 bridgehead atoms. The molecule has 0 N–H and O–H groups in total. The number of rotatable bonds is 2. The van der Waals surface area contributed by atoms with Crippen LogP contribution < -0.4 is 4.90 Å². The third-order valence-corrected chi connectivity index (χ3v) is 3.73. The van der Waals surface area contributed by atoms with Crippen molar-refractivity contribution in [2.75, 3.05) is 25.1 Å². The van der Waals surface area contributed by atoms with Gasteiger partial charge in [0, 0.05) is 33.4 Å². The van der Waals surface area contributed by atoms with Crippen LogP contribution in [0.5, 0.6) is 0 Å². The SMILES string of the molecule is COC1CCN(c2nccc3c2cnn3C)CC1. The van der Waals surface area contributed by atoms with E-state index < -0.39 is 0 Å². The zero-order valence-corrected chi connectivity index (χ0v) is 10.8. The Labute approximate surface area is 106 Å². The summed E-state index contributed by atoms with van der Waals surface area (Å²) >= 11 is 0. The van der Waals surface area contributed by atoms with Crippen molar-refractivity contribution in [2.24, 2.45) is 7.05 Å². The lowest BCUT2D eigenvalue weighted by Crippen LogP contribution is -2.37. The molecule has 3 heterocycles. The molecule has 0 saturated carbocycles. The topological polar surface area (TPSA) is 43.2 Å². The van der Waals surface area contributed by atoms with Gasteiger partial charge in [0.1, 0.15) is 5.82 Å².